The Hall–Kier alpha value is -1.49. The molecule has 1 aromatic rings. The van der Waals surface area contributed by atoms with Gasteiger partial charge in [0.05, 0.1) is 6.21 Å². The summed E-state index contributed by atoms with van der Waals surface area (Å²) in [6.07, 6.45) is 11.5. The predicted octanol–water partition coefficient (Wildman–Crippen LogP) is 2.21. The minimum atomic E-state index is 0.507. The van der Waals surface area contributed by atoms with Crippen molar-refractivity contribution in [2.45, 2.75) is 38.1 Å². The number of rotatable bonds is 3. The first kappa shape index (κ1) is 13.0. The van der Waals surface area contributed by atoms with Crippen LogP contribution in [0.25, 0.3) is 0 Å². The second-order valence-corrected chi connectivity index (χ2v) is 4.87. The summed E-state index contributed by atoms with van der Waals surface area (Å²) in [4.78, 5) is 4.01. The highest BCUT2D eigenvalue weighted by atomic mass is 32.1. The number of thiocarbonyl (C=S) groups is 1. The van der Waals surface area contributed by atoms with Crippen molar-refractivity contribution in [3.8, 4) is 0 Å². The summed E-state index contributed by atoms with van der Waals surface area (Å²) in [5.41, 5.74) is 3.79. The molecule has 1 saturated carbocycles. The fourth-order valence-electron chi connectivity index (χ4n) is 2.08. The molecule has 2 rings (SSSR count). The molecule has 96 valence electrons. The van der Waals surface area contributed by atoms with Crippen molar-refractivity contribution in [2.75, 3.05) is 0 Å². The molecule has 2 N–H and O–H groups in total. The van der Waals surface area contributed by atoms with Crippen LogP contribution in [0.15, 0.2) is 29.6 Å². The molecule has 4 nitrogen and oxygen atoms in total. The standard InChI is InChI=1S/C13H18N4S/c18-13(16-12-6-2-1-3-7-12)17-15-10-11-5-4-8-14-9-11/h4-5,8-10,12H,1-3,6-7H2,(H2,16,17,18)/b15-10+. The van der Waals surface area contributed by atoms with Gasteiger partial charge in [0.15, 0.2) is 5.11 Å². The minimum Gasteiger partial charge on any atom is -0.359 e. The van der Waals surface area contributed by atoms with E-state index in [2.05, 4.69) is 20.8 Å². The SMILES string of the molecule is S=C(N/N=C/c1cccnc1)NC1CCCCC1. The fraction of sp³-hybridized carbons (Fsp3) is 0.462. The van der Waals surface area contributed by atoms with E-state index >= 15 is 0 Å². The molecule has 0 unspecified atom stereocenters. The van der Waals surface area contributed by atoms with Crippen LogP contribution in [0.5, 0.6) is 0 Å². The Labute approximate surface area is 113 Å². The van der Waals surface area contributed by atoms with Gasteiger partial charge >= 0.3 is 0 Å². The molecule has 0 spiro atoms. The van der Waals surface area contributed by atoms with Crippen LogP contribution in [0.2, 0.25) is 0 Å². The Morgan fingerprint density at radius 3 is 2.94 bits per heavy atom. The molecule has 18 heavy (non-hydrogen) atoms. The molecule has 0 atom stereocenters. The van der Waals surface area contributed by atoms with Gasteiger partial charge in [-0.25, -0.2) is 0 Å². The van der Waals surface area contributed by atoms with E-state index in [1.807, 2.05) is 12.1 Å². The zero-order chi connectivity index (χ0) is 12.6. The average molecular weight is 262 g/mol. The zero-order valence-corrected chi connectivity index (χ0v) is 11.1. The highest BCUT2D eigenvalue weighted by Gasteiger charge is 2.13. The Morgan fingerprint density at radius 1 is 1.39 bits per heavy atom. The molecule has 0 radical (unpaired) electrons. The van der Waals surface area contributed by atoms with Crippen molar-refractivity contribution >= 4 is 23.5 Å². The molecule has 0 bridgehead atoms. The predicted molar refractivity (Wildman–Crippen MR) is 77.6 cm³/mol. The number of aromatic nitrogens is 1. The van der Waals surface area contributed by atoms with Crippen LogP contribution in [0, 0.1) is 0 Å². The molecule has 1 aliphatic rings. The van der Waals surface area contributed by atoms with Crippen LogP contribution >= 0.6 is 12.2 Å². The quantitative estimate of drug-likeness (QED) is 0.498. The molecule has 1 heterocycles. The van der Waals surface area contributed by atoms with E-state index in [1.54, 1.807) is 18.6 Å². The molecule has 0 aliphatic heterocycles. The van der Waals surface area contributed by atoms with E-state index in [9.17, 15) is 0 Å². The minimum absolute atomic E-state index is 0.507. The Morgan fingerprint density at radius 2 is 2.22 bits per heavy atom. The van der Waals surface area contributed by atoms with Gasteiger partial charge in [0.1, 0.15) is 0 Å². The number of hydrogen-bond donors (Lipinski definition) is 2. The highest BCUT2D eigenvalue weighted by Crippen LogP contribution is 2.17. The third-order valence-corrected chi connectivity index (χ3v) is 3.21. The van der Waals surface area contributed by atoms with Crippen LogP contribution < -0.4 is 10.7 Å². The Kier molecular flexibility index (Phi) is 5.08. The van der Waals surface area contributed by atoms with Crippen molar-refractivity contribution in [3.63, 3.8) is 0 Å². The molecular weight excluding hydrogens is 244 g/mol. The van der Waals surface area contributed by atoms with Crippen molar-refractivity contribution in [3.05, 3.63) is 30.1 Å². The lowest BCUT2D eigenvalue weighted by atomic mass is 9.96. The van der Waals surface area contributed by atoms with E-state index in [0.29, 0.717) is 11.2 Å². The first-order valence-corrected chi connectivity index (χ1v) is 6.75. The topological polar surface area (TPSA) is 49.3 Å². The van der Waals surface area contributed by atoms with Gasteiger partial charge in [0, 0.05) is 24.0 Å². The number of hydrogen-bond acceptors (Lipinski definition) is 3. The normalized spacial score (nSPS) is 16.7. The summed E-state index contributed by atoms with van der Waals surface area (Å²) < 4.78 is 0. The van der Waals surface area contributed by atoms with Gasteiger partial charge < -0.3 is 5.32 Å². The summed E-state index contributed by atoms with van der Waals surface area (Å²) in [6, 6.07) is 4.32. The lowest BCUT2D eigenvalue weighted by Gasteiger charge is -2.23. The molecule has 1 fully saturated rings. The summed E-state index contributed by atoms with van der Waals surface area (Å²) in [5.74, 6) is 0. The smallest absolute Gasteiger partial charge is 0.187 e. The maximum atomic E-state index is 5.20. The van der Waals surface area contributed by atoms with E-state index in [0.717, 1.165) is 5.56 Å². The highest BCUT2D eigenvalue weighted by molar-refractivity contribution is 7.80. The molecule has 0 aromatic carbocycles. The largest absolute Gasteiger partial charge is 0.359 e. The van der Waals surface area contributed by atoms with Gasteiger partial charge in [-0.3, -0.25) is 10.4 Å². The fourth-order valence-corrected chi connectivity index (χ4v) is 2.30. The average Bonchev–Trinajstić information content (AvgIpc) is 2.41. The van der Waals surface area contributed by atoms with Crippen LogP contribution in [0.1, 0.15) is 37.7 Å². The second kappa shape index (κ2) is 7.06. The Bertz CT molecular complexity index is 399. The molecule has 0 amide bonds. The zero-order valence-electron chi connectivity index (χ0n) is 10.3. The lowest BCUT2D eigenvalue weighted by Crippen LogP contribution is -2.40. The number of nitrogens with one attached hydrogen (secondary N) is 2. The summed E-state index contributed by atoms with van der Waals surface area (Å²) in [6.45, 7) is 0. The van der Waals surface area contributed by atoms with Gasteiger partial charge in [-0.2, -0.15) is 5.10 Å². The maximum Gasteiger partial charge on any atom is 0.187 e. The Balaban J connectivity index is 1.72. The van der Waals surface area contributed by atoms with Gasteiger partial charge in [-0.15, -0.1) is 0 Å². The van der Waals surface area contributed by atoms with E-state index in [1.165, 1.54) is 32.1 Å². The van der Waals surface area contributed by atoms with Crippen molar-refractivity contribution < 1.29 is 0 Å². The second-order valence-electron chi connectivity index (χ2n) is 4.46. The first-order chi connectivity index (χ1) is 8.84. The van der Waals surface area contributed by atoms with Crippen molar-refractivity contribution in [1.82, 2.24) is 15.7 Å². The van der Waals surface area contributed by atoms with Gasteiger partial charge in [0.2, 0.25) is 0 Å². The van der Waals surface area contributed by atoms with E-state index in [4.69, 9.17) is 12.2 Å². The van der Waals surface area contributed by atoms with Gasteiger partial charge in [0.25, 0.3) is 0 Å². The van der Waals surface area contributed by atoms with Crippen LogP contribution in [0.3, 0.4) is 0 Å². The monoisotopic (exact) mass is 262 g/mol. The summed E-state index contributed by atoms with van der Waals surface area (Å²) in [5, 5.41) is 7.98. The maximum absolute atomic E-state index is 5.20. The molecule has 1 aliphatic carbocycles. The summed E-state index contributed by atoms with van der Waals surface area (Å²) >= 11 is 5.20. The van der Waals surface area contributed by atoms with Crippen molar-refractivity contribution in [1.29, 1.82) is 0 Å². The van der Waals surface area contributed by atoms with Gasteiger partial charge in [-0.05, 0) is 31.1 Å². The molecule has 1 aromatic heterocycles. The van der Waals surface area contributed by atoms with Crippen LogP contribution in [-0.4, -0.2) is 22.4 Å². The van der Waals surface area contributed by atoms with E-state index in [-0.39, 0.29) is 0 Å². The number of nitrogens with zero attached hydrogens (tertiary/aromatic N) is 2. The summed E-state index contributed by atoms with van der Waals surface area (Å²) in [7, 11) is 0. The number of pyridine rings is 1. The van der Waals surface area contributed by atoms with Gasteiger partial charge in [-0.1, -0.05) is 25.3 Å². The van der Waals surface area contributed by atoms with Crippen LogP contribution in [0.4, 0.5) is 0 Å². The molecule has 5 heteroatoms. The lowest BCUT2D eigenvalue weighted by molar-refractivity contribution is 0.412. The molecular formula is C13H18N4S. The first-order valence-electron chi connectivity index (χ1n) is 6.34. The third kappa shape index (κ3) is 4.41. The molecule has 0 saturated heterocycles. The third-order valence-electron chi connectivity index (χ3n) is 3.00. The van der Waals surface area contributed by atoms with E-state index < -0.39 is 0 Å². The number of hydrazone groups is 1. The van der Waals surface area contributed by atoms with Crippen molar-refractivity contribution in [2.24, 2.45) is 5.10 Å². The van der Waals surface area contributed by atoms with Crippen LogP contribution in [-0.2, 0) is 0 Å².